The van der Waals surface area contributed by atoms with Crippen LogP contribution in [-0.2, 0) is 4.79 Å². The third-order valence-electron chi connectivity index (χ3n) is 2.40. The maximum Gasteiger partial charge on any atom is 0.317 e. The average molecular weight is 173 g/mol. The number of hydrogen-bond donors (Lipinski definition) is 1. The Morgan fingerprint density at radius 2 is 1.92 bits per heavy atom. The van der Waals surface area contributed by atoms with E-state index in [1.165, 1.54) is 0 Å². The second kappa shape index (κ2) is 3.41. The first-order chi connectivity index (χ1) is 5.49. The van der Waals surface area contributed by atoms with E-state index in [1.54, 1.807) is 0 Å². The molecule has 0 unspecified atom stereocenters. The summed E-state index contributed by atoms with van der Waals surface area (Å²) in [6.45, 7) is 4.10. The molecule has 0 aliphatic carbocycles. The van der Waals surface area contributed by atoms with Crippen molar-refractivity contribution >= 4 is 5.97 Å². The first-order valence-corrected chi connectivity index (χ1v) is 4.26. The maximum atomic E-state index is 10.4. The van der Waals surface area contributed by atoms with E-state index in [9.17, 15) is 4.79 Å². The molecule has 12 heavy (non-hydrogen) atoms. The van der Waals surface area contributed by atoms with Gasteiger partial charge in [-0.05, 0) is 0 Å². The number of piperazine rings is 1. The molecule has 0 radical (unpaired) electrons. The van der Waals surface area contributed by atoms with Gasteiger partial charge in [-0.25, -0.2) is 0 Å². The van der Waals surface area contributed by atoms with Crippen LogP contribution in [-0.4, -0.2) is 67.3 Å². The molecule has 0 bridgehead atoms. The summed E-state index contributed by atoms with van der Waals surface area (Å²) >= 11 is 0. The molecule has 4 nitrogen and oxygen atoms in total. The van der Waals surface area contributed by atoms with Gasteiger partial charge in [0.05, 0.1) is 33.7 Å². The van der Waals surface area contributed by atoms with Crippen molar-refractivity contribution in [2.24, 2.45) is 0 Å². The number of quaternary nitrogens is 1. The Balaban J connectivity index is 2.31. The Morgan fingerprint density at radius 3 is 2.33 bits per heavy atom. The smallest absolute Gasteiger partial charge is 0.317 e. The lowest BCUT2D eigenvalue weighted by Crippen LogP contribution is -2.55. The van der Waals surface area contributed by atoms with Gasteiger partial charge in [0.2, 0.25) is 0 Å². The molecule has 1 fully saturated rings. The van der Waals surface area contributed by atoms with Gasteiger partial charge in [-0.2, -0.15) is 0 Å². The summed E-state index contributed by atoms with van der Waals surface area (Å²) in [6.07, 6.45) is 0. The topological polar surface area (TPSA) is 40.5 Å². The summed E-state index contributed by atoms with van der Waals surface area (Å²) < 4.78 is 1.01. The van der Waals surface area contributed by atoms with E-state index in [0.717, 1.165) is 30.7 Å². The van der Waals surface area contributed by atoms with E-state index in [2.05, 4.69) is 14.1 Å². The van der Waals surface area contributed by atoms with Crippen LogP contribution in [0.2, 0.25) is 0 Å². The van der Waals surface area contributed by atoms with Crippen LogP contribution in [0.25, 0.3) is 0 Å². The van der Waals surface area contributed by atoms with Crippen molar-refractivity contribution in [2.75, 3.05) is 46.8 Å². The quantitative estimate of drug-likeness (QED) is 0.570. The number of carboxylic acids is 1. The number of carboxylic acid groups (broad SMARTS) is 1. The average Bonchev–Trinajstić information content (AvgIpc) is 1.93. The fraction of sp³-hybridized carbons (Fsp3) is 0.875. The lowest BCUT2D eigenvalue weighted by Gasteiger charge is -2.38. The minimum atomic E-state index is -0.720. The summed E-state index contributed by atoms with van der Waals surface area (Å²) in [7, 11) is 4.36. The van der Waals surface area contributed by atoms with Crippen molar-refractivity contribution in [1.29, 1.82) is 0 Å². The number of rotatable bonds is 2. The zero-order chi connectivity index (χ0) is 9.19. The minimum Gasteiger partial charge on any atom is -0.480 e. The normalized spacial score (nSPS) is 23.8. The molecule has 0 amide bonds. The maximum absolute atomic E-state index is 10.4. The zero-order valence-electron chi connectivity index (χ0n) is 7.79. The number of nitrogens with zero attached hydrogens (tertiary/aromatic N) is 2. The van der Waals surface area contributed by atoms with Gasteiger partial charge in [-0.15, -0.1) is 0 Å². The van der Waals surface area contributed by atoms with Gasteiger partial charge < -0.3 is 9.59 Å². The SMILES string of the molecule is C[N+]1(C)CCN(CC(=O)O)CC1. The molecule has 0 aromatic carbocycles. The van der Waals surface area contributed by atoms with Crippen LogP contribution >= 0.6 is 0 Å². The minimum absolute atomic E-state index is 0.194. The van der Waals surface area contributed by atoms with Gasteiger partial charge in [-0.3, -0.25) is 9.69 Å². The predicted octanol–water partition coefficient (Wildman–Crippen LogP) is -0.537. The third-order valence-corrected chi connectivity index (χ3v) is 2.40. The number of carbonyl (C=O) groups is 1. The number of likely N-dealkylation sites (N-methyl/N-ethyl adjacent to an activating group) is 1. The molecule has 70 valence electrons. The molecule has 1 aliphatic rings. The Kier molecular flexibility index (Phi) is 2.69. The fourth-order valence-corrected chi connectivity index (χ4v) is 1.40. The molecule has 0 aromatic heterocycles. The molecular formula is C8H17N2O2+. The summed E-state index contributed by atoms with van der Waals surface area (Å²) in [4.78, 5) is 12.4. The van der Waals surface area contributed by atoms with Crippen molar-refractivity contribution in [3.63, 3.8) is 0 Å². The van der Waals surface area contributed by atoms with Crippen molar-refractivity contribution < 1.29 is 14.4 Å². The molecule has 0 aromatic rings. The van der Waals surface area contributed by atoms with Crippen LogP contribution in [0.15, 0.2) is 0 Å². The molecular weight excluding hydrogens is 156 g/mol. The zero-order valence-corrected chi connectivity index (χ0v) is 7.79. The van der Waals surface area contributed by atoms with Crippen LogP contribution in [0.5, 0.6) is 0 Å². The van der Waals surface area contributed by atoms with Crippen molar-refractivity contribution in [3.8, 4) is 0 Å². The molecule has 1 aliphatic heterocycles. The van der Waals surface area contributed by atoms with Crippen molar-refractivity contribution in [2.45, 2.75) is 0 Å². The summed E-state index contributed by atoms with van der Waals surface area (Å²) in [5.41, 5.74) is 0. The van der Waals surface area contributed by atoms with E-state index >= 15 is 0 Å². The lowest BCUT2D eigenvalue weighted by molar-refractivity contribution is -0.894. The monoisotopic (exact) mass is 173 g/mol. The highest BCUT2D eigenvalue weighted by Crippen LogP contribution is 2.05. The molecule has 0 atom stereocenters. The lowest BCUT2D eigenvalue weighted by atomic mass is 10.3. The standard InChI is InChI=1S/C8H16N2O2/c1-10(2)5-3-9(4-6-10)7-8(11)12/h3-7H2,1-2H3/p+1. The van der Waals surface area contributed by atoms with Gasteiger partial charge in [0, 0.05) is 13.1 Å². The summed E-state index contributed by atoms with van der Waals surface area (Å²) in [5.74, 6) is -0.720. The van der Waals surface area contributed by atoms with Gasteiger partial charge >= 0.3 is 5.97 Å². The van der Waals surface area contributed by atoms with E-state index < -0.39 is 5.97 Å². The van der Waals surface area contributed by atoms with Gasteiger partial charge in [0.1, 0.15) is 0 Å². The summed E-state index contributed by atoms with van der Waals surface area (Å²) in [6, 6.07) is 0. The number of hydrogen-bond acceptors (Lipinski definition) is 2. The van der Waals surface area contributed by atoms with Crippen molar-refractivity contribution in [1.82, 2.24) is 4.90 Å². The van der Waals surface area contributed by atoms with Crippen LogP contribution < -0.4 is 0 Å². The Morgan fingerprint density at radius 1 is 1.42 bits per heavy atom. The highest BCUT2D eigenvalue weighted by molar-refractivity contribution is 5.69. The fourth-order valence-electron chi connectivity index (χ4n) is 1.40. The molecule has 1 N–H and O–H groups in total. The highest BCUT2D eigenvalue weighted by Gasteiger charge is 2.24. The second-order valence-electron chi connectivity index (χ2n) is 4.05. The molecule has 1 saturated heterocycles. The number of aliphatic carboxylic acids is 1. The van der Waals surface area contributed by atoms with Gasteiger partial charge in [0.15, 0.2) is 0 Å². The second-order valence-corrected chi connectivity index (χ2v) is 4.05. The highest BCUT2D eigenvalue weighted by atomic mass is 16.4. The van der Waals surface area contributed by atoms with E-state index in [1.807, 2.05) is 4.90 Å². The third kappa shape index (κ3) is 2.79. The molecule has 0 saturated carbocycles. The Labute approximate surface area is 73.0 Å². The van der Waals surface area contributed by atoms with Crippen LogP contribution in [0.1, 0.15) is 0 Å². The van der Waals surface area contributed by atoms with E-state index in [4.69, 9.17) is 5.11 Å². The Hall–Kier alpha value is -0.610. The molecule has 4 heteroatoms. The van der Waals surface area contributed by atoms with Gasteiger partial charge in [0.25, 0.3) is 0 Å². The molecule has 1 heterocycles. The van der Waals surface area contributed by atoms with Crippen LogP contribution in [0.4, 0.5) is 0 Å². The van der Waals surface area contributed by atoms with Crippen LogP contribution in [0, 0.1) is 0 Å². The first-order valence-electron chi connectivity index (χ1n) is 4.26. The van der Waals surface area contributed by atoms with Crippen LogP contribution in [0.3, 0.4) is 0 Å². The summed E-state index contributed by atoms with van der Waals surface area (Å²) in [5, 5.41) is 8.55. The van der Waals surface area contributed by atoms with Crippen molar-refractivity contribution in [3.05, 3.63) is 0 Å². The van der Waals surface area contributed by atoms with E-state index in [-0.39, 0.29) is 6.54 Å². The predicted molar refractivity (Wildman–Crippen MR) is 45.9 cm³/mol. The van der Waals surface area contributed by atoms with Gasteiger partial charge in [-0.1, -0.05) is 0 Å². The molecule has 1 rings (SSSR count). The Bertz CT molecular complexity index is 170. The first kappa shape index (κ1) is 9.48. The molecule has 0 spiro atoms. The largest absolute Gasteiger partial charge is 0.480 e. The van der Waals surface area contributed by atoms with E-state index in [0.29, 0.717) is 0 Å².